The van der Waals surface area contributed by atoms with E-state index in [0.717, 1.165) is 17.8 Å². The molecular weight excluding hydrogens is 252 g/mol. The second kappa shape index (κ2) is 4.41. The van der Waals surface area contributed by atoms with E-state index in [4.69, 9.17) is 4.99 Å². The Morgan fingerprint density at radius 2 is 1.68 bits per heavy atom. The van der Waals surface area contributed by atoms with Crippen molar-refractivity contribution in [1.82, 2.24) is 5.32 Å². The van der Waals surface area contributed by atoms with Crippen molar-refractivity contribution in [1.29, 1.82) is 0 Å². The quantitative estimate of drug-likeness (QED) is 0.833. The van der Waals surface area contributed by atoms with Gasteiger partial charge in [0, 0.05) is 11.3 Å². The first kappa shape index (κ1) is 12.6. The number of nitrogens with one attached hydrogen (secondary N) is 1. The van der Waals surface area contributed by atoms with Crippen LogP contribution in [0.5, 0.6) is 0 Å². The summed E-state index contributed by atoms with van der Waals surface area (Å²) in [4.78, 5) is 4.93. The van der Waals surface area contributed by atoms with Gasteiger partial charge < -0.3 is 5.32 Å². The van der Waals surface area contributed by atoms with Crippen LogP contribution in [0.1, 0.15) is 52.4 Å². The van der Waals surface area contributed by atoms with Crippen molar-refractivity contribution < 1.29 is 0 Å². The van der Waals surface area contributed by atoms with Gasteiger partial charge in [0.25, 0.3) is 0 Å². The molecule has 4 fully saturated rings. The van der Waals surface area contributed by atoms with E-state index in [1.165, 1.54) is 49.4 Å². The molecule has 4 bridgehead atoms. The fourth-order valence-corrected chi connectivity index (χ4v) is 6.58. The normalized spacial score (nSPS) is 47.8. The highest BCUT2D eigenvalue weighted by molar-refractivity contribution is 8.14. The first-order valence-corrected chi connectivity index (χ1v) is 9.09. The lowest BCUT2D eigenvalue weighted by atomic mass is 9.53. The third-order valence-electron chi connectivity index (χ3n) is 5.85. The first-order valence-electron chi connectivity index (χ1n) is 8.11. The molecule has 1 N–H and O–H groups in total. The van der Waals surface area contributed by atoms with Gasteiger partial charge in [0.15, 0.2) is 5.17 Å². The maximum atomic E-state index is 4.93. The first-order chi connectivity index (χ1) is 9.12. The number of hydrogen-bond donors (Lipinski definition) is 1. The number of aliphatic imine (C=N–C) groups is 1. The van der Waals surface area contributed by atoms with Gasteiger partial charge in [-0.15, -0.1) is 0 Å². The van der Waals surface area contributed by atoms with Gasteiger partial charge in [-0.2, -0.15) is 0 Å². The average molecular weight is 278 g/mol. The van der Waals surface area contributed by atoms with Gasteiger partial charge in [-0.1, -0.05) is 25.6 Å². The molecule has 0 spiro atoms. The molecule has 0 radical (unpaired) electrons. The number of thioether (sulfide) groups is 1. The Morgan fingerprint density at radius 3 is 2.16 bits per heavy atom. The van der Waals surface area contributed by atoms with Crippen LogP contribution in [0.3, 0.4) is 0 Å². The molecular formula is C16H26N2S. The average Bonchev–Trinajstić information content (AvgIpc) is 2.74. The molecule has 5 aliphatic rings. The molecule has 1 heterocycles. The second-order valence-electron chi connectivity index (χ2n) is 7.88. The fraction of sp³-hybridized carbons (Fsp3) is 0.938. The van der Waals surface area contributed by atoms with E-state index in [-0.39, 0.29) is 0 Å². The smallest absolute Gasteiger partial charge is 0.157 e. The molecule has 106 valence electrons. The molecule has 4 aliphatic carbocycles. The molecule has 2 nitrogen and oxygen atoms in total. The standard InChI is InChI=1S/C16H26N2S/c1-10(2)14-9-19-15(17-14)18-16-6-11-3-12(7-16)5-13(4-11)8-16/h10-14H,3-9H2,1-2H3,(H,17,18)/t11?,12?,13?,14-,16?/m1/s1. The molecule has 0 aromatic carbocycles. The van der Waals surface area contributed by atoms with E-state index in [9.17, 15) is 0 Å². The molecule has 0 aromatic rings. The summed E-state index contributed by atoms with van der Waals surface area (Å²) < 4.78 is 0. The Bertz CT molecular complexity index is 366. The largest absolute Gasteiger partial charge is 0.359 e. The van der Waals surface area contributed by atoms with Crippen molar-refractivity contribution in [3.8, 4) is 0 Å². The summed E-state index contributed by atoms with van der Waals surface area (Å²) in [7, 11) is 0. The van der Waals surface area contributed by atoms with E-state index in [0.29, 0.717) is 17.5 Å². The van der Waals surface area contributed by atoms with Crippen LogP contribution in [-0.4, -0.2) is 22.5 Å². The summed E-state index contributed by atoms with van der Waals surface area (Å²) in [5, 5.41) is 5.19. The van der Waals surface area contributed by atoms with Gasteiger partial charge >= 0.3 is 0 Å². The predicted molar refractivity (Wildman–Crippen MR) is 82.6 cm³/mol. The summed E-state index contributed by atoms with van der Waals surface area (Å²) >= 11 is 1.97. The molecule has 1 aliphatic heterocycles. The van der Waals surface area contributed by atoms with Crippen LogP contribution in [0.2, 0.25) is 0 Å². The highest BCUT2D eigenvalue weighted by Crippen LogP contribution is 2.55. The third kappa shape index (κ3) is 2.22. The van der Waals surface area contributed by atoms with Crippen LogP contribution in [0.15, 0.2) is 4.99 Å². The maximum Gasteiger partial charge on any atom is 0.157 e. The molecule has 0 saturated heterocycles. The summed E-state index contributed by atoms with van der Waals surface area (Å²) in [6, 6.07) is 0.543. The molecule has 0 aromatic heterocycles. The summed E-state index contributed by atoms with van der Waals surface area (Å²) in [5.74, 6) is 4.93. The van der Waals surface area contributed by atoms with Gasteiger partial charge in [-0.25, -0.2) is 0 Å². The van der Waals surface area contributed by atoms with Crippen LogP contribution in [0.25, 0.3) is 0 Å². The SMILES string of the molecule is CC(C)[C@H]1CSC(NC23CC4CC(CC(C4)C2)C3)=N1. The monoisotopic (exact) mass is 278 g/mol. The van der Waals surface area contributed by atoms with Crippen LogP contribution in [-0.2, 0) is 0 Å². The van der Waals surface area contributed by atoms with Crippen LogP contribution < -0.4 is 5.32 Å². The Morgan fingerprint density at radius 1 is 1.11 bits per heavy atom. The third-order valence-corrected chi connectivity index (χ3v) is 6.84. The topological polar surface area (TPSA) is 24.4 Å². The number of nitrogens with zero attached hydrogens (tertiary/aromatic N) is 1. The van der Waals surface area contributed by atoms with E-state index in [1.54, 1.807) is 0 Å². The summed E-state index contributed by atoms with van der Waals surface area (Å²) in [6.07, 6.45) is 8.83. The zero-order chi connectivity index (χ0) is 13.0. The van der Waals surface area contributed by atoms with E-state index < -0.39 is 0 Å². The van der Waals surface area contributed by atoms with Crippen molar-refractivity contribution in [2.75, 3.05) is 5.75 Å². The Labute approximate surface area is 121 Å². The lowest BCUT2D eigenvalue weighted by molar-refractivity contribution is -0.00964. The van der Waals surface area contributed by atoms with Crippen molar-refractivity contribution in [2.45, 2.75) is 64.0 Å². The van der Waals surface area contributed by atoms with Crippen molar-refractivity contribution in [2.24, 2.45) is 28.7 Å². The molecule has 5 rings (SSSR count). The molecule has 0 amide bonds. The van der Waals surface area contributed by atoms with E-state index in [2.05, 4.69) is 19.2 Å². The van der Waals surface area contributed by atoms with E-state index >= 15 is 0 Å². The molecule has 1 atom stereocenters. The molecule has 3 heteroatoms. The highest BCUT2D eigenvalue weighted by atomic mass is 32.2. The van der Waals surface area contributed by atoms with Crippen LogP contribution in [0.4, 0.5) is 0 Å². The van der Waals surface area contributed by atoms with Gasteiger partial charge in [0.2, 0.25) is 0 Å². The summed E-state index contributed by atoms with van der Waals surface area (Å²) in [5.41, 5.74) is 0.437. The minimum Gasteiger partial charge on any atom is -0.359 e. The highest BCUT2D eigenvalue weighted by Gasteiger charge is 2.51. The van der Waals surface area contributed by atoms with Crippen LogP contribution >= 0.6 is 11.8 Å². The molecule has 0 unspecified atom stereocenters. The minimum absolute atomic E-state index is 0.437. The number of amidine groups is 1. The maximum absolute atomic E-state index is 4.93. The summed E-state index contributed by atoms with van der Waals surface area (Å²) in [6.45, 7) is 4.59. The lowest BCUT2D eigenvalue weighted by Crippen LogP contribution is -2.59. The van der Waals surface area contributed by atoms with Gasteiger partial charge in [0.05, 0.1) is 6.04 Å². The fourth-order valence-electron chi connectivity index (χ4n) is 5.29. The predicted octanol–water partition coefficient (Wildman–Crippen LogP) is 3.67. The van der Waals surface area contributed by atoms with Crippen LogP contribution in [0, 0.1) is 23.7 Å². The second-order valence-corrected chi connectivity index (χ2v) is 8.89. The van der Waals surface area contributed by atoms with Gasteiger partial charge in [-0.3, -0.25) is 4.99 Å². The zero-order valence-electron chi connectivity index (χ0n) is 12.2. The van der Waals surface area contributed by atoms with Crippen molar-refractivity contribution in [3.05, 3.63) is 0 Å². The Balaban J connectivity index is 1.49. The van der Waals surface area contributed by atoms with E-state index in [1.807, 2.05) is 11.8 Å². The van der Waals surface area contributed by atoms with Crippen molar-refractivity contribution in [3.63, 3.8) is 0 Å². The zero-order valence-corrected chi connectivity index (χ0v) is 13.0. The van der Waals surface area contributed by atoms with Gasteiger partial charge in [0.1, 0.15) is 0 Å². The molecule has 19 heavy (non-hydrogen) atoms. The van der Waals surface area contributed by atoms with Gasteiger partial charge in [-0.05, 0) is 62.2 Å². The number of hydrogen-bond acceptors (Lipinski definition) is 3. The lowest BCUT2D eigenvalue weighted by Gasteiger charge is -2.57. The Hall–Kier alpha value is -0.180. The molecule has 4 saturated carbocycles. The minimum atomic E-state index is 0.437. The van der Waals surface area contributed by atoms with Crippen molar-refractivity contribution >= 4 is 16.9 Å². The number of rotatable bonds is 2. The Kier molecular flexibility index (Phi) is 2.91.